The van der Waals surface area contributed by atoms with Gasteiger partial charge in [0.2, 0.25) is 5.95 Å². The highest BCUT2D eigenvalue weighted by Crippen LogP contribution is 2.10. The second-order valence-corrected chi connectivity index (χ2v) is 5.33. The molecule has 0 amide bonds. The van der Waals surface area contributed by atoms with E-state index in [1.165, 1.54) is 0 Å². The van der Waals surface area contributed by atoms with Crippen LogP contribution in [0, 0.1) is 0 Å². The van der Waals surface area contributed by atoms with E-state index in [1.54, 1.807) is 6.07 Å². The Labute approximate surface area is 121 Å². The Morgan fingerprint density at radius 3 is 2.60 bits per heavy atom. The summed E-state index contributed by atoms with van der Waals surface area (Å²) < 4.78 is 0. The van der Waals surface area contributed by atoms with Crippen LogP contribution in [0.15, 0.2) is 10.9 Å². The van der Waals surface area contributed by atoms with Crippen LogP contribution in [-0.4, -0.2) is 41.0 Å². The molecule has 0 radical (unpaired) electrons. The number of nitrogens with zero attached hydrogens (tertiary/aromatic N) is 2. The zero-order chi connectivity index (χ0) is 15.0. The molecule has 0 unspecified atom stereocenters. The van der Waals surface area contributed by atoms with E-state index >= 15 is 0 Å². The molecule has 1 heterocycles. The Balaban J connectivity index is 2.37. The van der Waals surface area contributed by atoms with Crippen molar-refractivity contribution in [3.05, 3.63) is 22.1 Å². The predicted octanol–water partition coefficient (Wildman–Crippen LogP) is 2.43. The van der Waals surface area contributed by atoms with E-state index in [0.29, 0.717) is 5.95 Å². The maximum absolute atomic E-state index is 11.5. The second-order valence-electron chi connectivity index (χ2n) is 5.33. The van der Waals surface area contributed by atoms with Crippen molar-refractivity contribution in [2.45, 2.75) is 46.5 Å². The molecule has 0 saturated carbocycles. The van der Waals surface area contributed by atoms with Gasteiger partial charge in [0.1, 0.15) is 0 Å². The third kappa shape index (κ3) is 5.74. The fraction of sp³-hybridized carbons (Fsp3) is 0.733. The SMILES string of the molecule is CCN(CC)CCCCNc1nc(C(C)C)cc(=O)[nH]1. The van der Waals surface area contributed by atoms with Crippen molar-refractivity contribution in [3.63, 3.8) is 0 Å². The van der Waals surface area contributed by atoms with Crippen LogP contribution in [0.3, 0.4) is 0 Å². The molecule has 0 fully saturated rings. The van der Waals surface area contributed by atoms with Crippen molar-refractivity contribution in [3.8, 4) is 0 Å². The van der Waals surface area contributed by atoms with E-state index in [1.807, 2.05) is 13.8 Å². The zero-order valence-corrected chi connectivity index (χ0v) is 13.2. The van der Waals surface area contributed by atoms with Gasteiger partial charge in [-0.05, 0) is 38.4 Å². The van der Waals surface area contributed by atoms with Gasteiger partial charge in [-0.3, -0.25) is 9.78 Å². The van der Waals surface area contributed by atoms with E-state index in [0.717, 1.165) is 44.7 Å². The minimum absolute atomic E-state index is 0.0886. The maximum Gasteiger partial charge on any atom is 0.252 e. The van der Waals surface area contributed by atoms with E-state index in [2.05, 4.69) is 34.0 Å². The third-order valence-electron chi connectivity index (χ3n) is 3.44. The lowest BCUT2D eigenvalue weighted by Gasteiger charge is -2.17. The topological polar surface area (TPSA) is 61.0 Å². The molecule has 0 aliphatic rings. The van der Waals surface area contributed by atoms with Gasteiger partial charge in [-0.25, -0.2) is 4.98 Å². The first-order valence-corrected chi connectivity index (χ1v) is 7.64. The van der Waals surface area contributed by atoms with E-state index in [9.17, 15) is 4.79 Å². The van der Waals surface area contributed by atoms with Gasteiger partial charge in [-0.15, -0.1) is 0 Å². The molecule has 0 atom stereocenters. The van der Waals surface area contributed by atoms with Gasteiger partial charge < -0.3 is 10.2 Å². The summed E-state index contributed by atoms with van der Waals surface area (Å²) in [4.78, 5) is 21.1. The maximum atomic E-state index is 11.5. The first-order valence-electron chi connectivity index (χ1n) is 7.64. The van der Waals surface area contributed by atoms with Crippen molar-refractivity contribution >= 4 is 5.95 Å². The Morgan fingerprint density at radius 1 is 1.30 bits per heavy atom. The number of aromatic amines is 1. The normalized spacial score (nSPS) is 11.3. The summed E-state index contributed by atoms with van der Waals surface area (Å²) in [5.41, 5.74) is 0.744. The lowest BCUT2D eigenvalue weighted by molar-refractivity contribution is 0.298. The molecule has 5 heteroatoms. The van der Waals surface area contributed by atoms with Gasteiger partial charge in [-0.2, -0.15) is 0 Å². The average molecular weight is 280 g/mol. The Morgan fingerprint density at radius 2 is 2.00 bits per heavy atom. The zero-order valence-electron chi connectivity index (χ0n) is 13.2. The van der Waals surface area contributed by atoms with Crippen LogP contribution in [0.25, 0.3) is 0 Å². The monoisotopic (exact) mass is 280 g/mol. The first kappa shape index (κ1) is 16.7. The second kappa shape index (κ2) is 8.74. The molecular weight excluding hydrogens is 252 g/mol. The Bertz CT molecular complexity index is 438. The Kier molecular flexibility index (Phi) is 7.30. The molecule has 5 nitrogen and oxygen atoms in total. The quantitative estimate of drug-likeness (QED) is 0.682. The van der Waals surface area contributed by atoms with Crippen molar-refractivity contribution in [1.29, 1.82) is 0 Å². The molecule has 0 saturated heterocycles. The first-order chi connectivity index (χ1) is 9.56. The van der Waals surface area contributed by atoms with Gasteiger partial charge in [0.15, 0.2) is 0 Å². The molecule has 20 heavy (non-hydrogen) atoms. The molecule has 2 N–H and O–H groups in total. The van der Waals surface area contributed by atoms with Crippen molar-refractivity contribution in [2.24, 2.45) is 0 Å². The van der Waals surface area contributed by atoms with Gasteiger partial charge in [0.05, 0.1) is 5.69 Å². The molecular formula is C15H28N4O. The number of H-pyrrole nitrogens is 1. The highest BCUT2D eigenvalue weighted by Gasteiger charge is 2.04. The van der Waals surface area contributed by atoms with E-state index < -0.39 is 0 Å². The van der Waals surface area contributed by atoms with Crippen LogP contribution in [0.2, 0.25) is 0 Å². The predicted molar refractivity (Wildman–Crippen MR) is 84.5 cm³/mol. The number of nitrogens with one attached hydrogen (secondary N) is 2. The van der Waals surface area contributed by atoms with Gasteiger partial charge >= 0.3 is 0 Å². The summed E-state index contributed by atoms with van der Waals surface area (Å²) in [6.45, 7) is 12.6. The highest BCUT2D eigenvalue weighted by atomic mass is 16.1. The molecule has 1 aromatic heterocycles. The van der Waals surface area contributed by atoms with Crippen LogP contribution in [0.5, 0.6) is 0 Å². The minimum atomic E-state index is -0.0886. The molecule has 1 rings (SSSR count). The number of hydrogen-bond donors (Lipinski definition) is 2. The molecule has 0 aliphatic heterocycles. The molecule has 0 aromatic carbocycles. The highest BCUT2D eigenvalue weighted by molar-refractivity contribution is 5.25. The molecule has 0 bridgehead atoms. The fourth-order valence-corrected chi connectivity index (χ4v) is 2.06. The number of hydrogen-bond acceptors (Lipinski definition) is 4. The van der Waals surface area contributed by atoms with Crippen LogP contribution in [0.4, 0.5) is 5.95 Å². The summed E-state index contributed by atoms with van der Waals surface area (Å²) in [6.07, 6.45) is 2.23. The van der Waals surface area contributed by atoms with E-state index in [4.69, 9.17) is 0 Å². The Hall–Kier alpha value is -1.36. The summed E-state index contributed by atoms with van der Waals surface area (Å²) in [5, 5.41) is 3.21. The summed E-state index contributed by atoms with van der Waals surface area (Å²) in [7, 11) is 0. The molecule has 0 spiro atoms. The number of aromatic nitrogens is 2. The standard InChI is InChI=1S/C15H28N4O/c1-5-19(6-2)10-8-7-9-16-15-17-13(12(3)4)11-14(20)18-15/h11-12H,5-10H2,1-4H3,(H2,16,17,18,20). The van der Waals surface area contributed by atoms with Crippen LogP contribution < -0.4 is 10.9 Å². The van der Waals surface area contributed by atoms with Gasteiger partial charge in [0, 0.05) is 12.6 Å². The van der Waals surface area contributed by atoms with Crippen molar-refractivity contribution in [2.75, 3.05) is 31.5 Å². The van der Waals surface area contributed by atoms with Crippen LogP contribution >= 0.6 is 0 Å². The van der Waals surface area contributed by atoms with Gasteiger partial charge in [-0.1, -0.05) is 27.7 Å². The fourth-order valence-electron chi connectivity index (χ4n) is 2.06. The molecule has 0 aliphatic carbocycles. The minimum Gasteiger partial charge on any atom is -0.356 e. The van der Waals surface area contributed by atoms with Gasteiger partial charge in [0.25, 0.3) is 5.56 Å². The third-order valence-corrected chi connectivity index (χ3v) is 3.44. The van der Waals surface area contributed by atoms with Crippen molar-refractivity contribution < 1.29 is 0 Å². The number of unbranched alkanes of at least 4 members (excludes halogenated alkanes) is 1. The smallest absolute Gasteiger partial charge is 0.252 e. The summed E-state index contributed by atoms with van der Waals surface area (Å²) >= 11 is 0. The summed E-state index contributed by atoms with van der Waals surface area (Å²) in [6, 6.07) is 1.57. The lowest BCUT2D eigenvalue weighted by atomic mass is 10.1. The molecule has 1 aromatic rings. The van der Waals surface area contributed by atoms with Crippen molar-refractivity contribution in [1.82, 2.24) is 14.9 Å². The van der Waals surface area contributed by atoms with Crippen LogP contribution in [0.1, 0.15) is 52.1 Å². The number of anilines is 1. The molecule has 114 valence electrons. The van der Waals surface area contributed by atoms with E-state index in [-0.39, 0.29) is 11.5 Å². The number of rotatable bonds is 9. The lowest BCUT2D eigenvalue weighted by Crippen LogP contribution is -2.24. The average Bonchev–Trinajstić information content (AvgIpc) is 2.42. The largest absolute Gasteiger partial charge is 0.356 e. The van der Waals surface area contributed by atoms with Crippen LogP contribution in [-0.2, 0) is 0 Å². The summed E-state index contributed by atoms with van der Waals surface area (Å²) in [5.74, 6) is 0.851.